The number of halogens is 1. The maximum atomic E-state index is 13.1. The van der Waals surface area contributed by atoms with Gasteiger partial charge in [-0.1, -0.05) is 41.9 Å². The van der Waals surface area contributed by atoms with E-state index in [9.17, 15) is 9.18 Å². The van der Waals surface area contributed by atoms with E-state index in [0.717, 1.165) is 13.1 Å². The summed E-state index contributed by atoms with van der Waals surface area (Å²) < 4.78 is 18.4. The van der Waals surface area contributed by atoms with Gasteiger partial charge >= 0.3 is 0 Å². The molecule has 4 rings (SSSR count). The quantitative estimate of drug-likeness (QED) is 0.673. The van der Waals surface area contributed by atoms with Gasteiger partial charge in [0.1, 0.15) is 5.82 Å². The molecule has 1 N–H and O–H groups in total. The van der Waals surface area contributed by atoms with Gasteiger partial charge in [0.05, 0.1) is 6.04 Å². The number of nitrogens with one attached hydrogen (secondary N) is 1. The lowest BCUT2D eigenvalue weighted by Gasteiger charge is -2.35. The van der Waals surface area contributed by atoms with E-state index in [0.29, 0.717) is 17.9 Å². The predicted molar refractivity (Wildman–Crippen MR) is 109 cm³/mol. The van der Waals surface area contributed by atoms with Gasteiger partial charge in [0.2, 0.25) is 0 Å². The molecule has 1 aliphatic rings. The standard InChI is InChI=1S/C23H24FN3O2/c24-19-11-9-18(10-12-19)22-15-20(26-29-22)23(28)25-16-21(17-7-3-1-4-8-17)27-13-5-2-6-14-27/h1,3-4,7-12,15,21H,2,5-6,13-14,16H2,(H,25,28). The van der Waals surface area contributed by atoms with Gasteiger partial charge in [-0.25, -0.2) is 4.39 Å². The van der Waals surface area contributed by atoms with Crippen LogP contribution < -0.4 is 5.32 Å². The first-order chi connectivity index (χ1) is 14.2. The van der Waals surface area contributed by atoms with Crippen molar-refractivity contribution in [2.45, 2.75) is 25.3 Å². The largest absolute Gasteiger partial charge is 0.355 e. The smallest absolute Gasteiger partial charge is 0.273 e. The summed E-state index contributed by atoms with van der Waals surface area (Å²) in [5.74, 6) is -0.165. The lowest BCUT2D eigenvalue weighted by molar-refractivity contribution is 0.0915. The number of hydrogen-bond acceptors (Lipinski definition) is 4. The molecule has 0 saturated carbocycles. The molecule has 1 aliphatic heterocycles. The van der Waals surface area contributed by atoms with Gasteiger partial charge in [0, 0.05) is 18.2 Å². The average molecular weight is 393 g/mol. The summed E-state index contributed by atoms with van der Waals surface area (Å²) in [4.78, 5) is 15.1. The van der Waals surface area contributed by atoms with Crippen LogP contribution in [0.3, 0.4) is 0 Å². The number of carbonyl (C=O) groups is 1. The second-order valence-corrected chi connectivity index (χ2v) is 7.32. The summed E-state index contributed by atoms with van der Waals surface area (Å²) in [7, 11) is 0. The van der Waals surface area contributed by atoms with Gasteiger partial charge in [-0.05, 0) is 55.8 Å². The van der Waals surface area contributed by atoms with E-state index in [-0.39, 0.29) is 23.5 Å². The zero-order valence-electron chi connectivity index (χ0n) is 16.2. The first-order valence-electron chi connectivity index (χ1n) is 10.0. The summed E-state index contributed by atoms with van der Waals surface area (Å²) in [5, 5.41) is 6.89. The molecule has 6 heteroatoms. The Hall–Kier alpha value is -2.99. The number of amides is 1. The number of rotatable bonds is 6. The number of likely N-dealkylation sites (tertiary alicyclic amines) is 1. The number of hydrogen-bond donors (Lipinski definition) is 1. The number of carbonyl (C=O) groups excluding carboxylic acids is 1. The molecule has 5 nitrogen and oxygen atoms in total. The van der Waals surface area contributed by atoms with Crippen molar-refractivity contribution in [3.63, 3.8) is 0 Å². The Bertz CT molecular complexity index is 934. The van der Waals surface area contributed by atoms with E-state index in [1.807, 2.05) is 18.2 Å². The molecule has 0 bridgehead atoms. The molecule has 2 aromatic carbocycles. The molecule has 1 amide bonds. The third-order valence-electron chi connectivity index (χ3n) is 5.34. The Morgan fingerprint density at radius 1 is 1.07 bits per heavy atom. The van der Waals surface area contributed by atoms with Crippen LogP contribution in [0.4, 0.5) is 4.39 Å². The zero-order chi connectivity index (χ0) is 20.1. The molecule has 0 spiro atoms. The van der Waals surface area contributed by atoms with E-state index >= 15 is 0 Å². The van der Waals surface area contributed by atoms with Crippen molar-refractivity contribution in [2.24, 2.45) is 0 Å². The molecule has 1 unspecified atom stereocenters. The van der Waals surface area contributed by atoms with Crippen molar-refractivity contribution in [1.82, 2.24) is 15.4 Å². The van der Waals surface area contributed by atoms with Crippen LogP contribution in [0.25, 0.3) is 11.3 Å². The molecule has 1 aromatic heterocycles. The van der Waals surface area contributed by atoms with Crippen molar-refractivity contribution < 1.29 is 13.7 Å². The van der Waals surface area contributed by atoms with E-state index in [1.54, 1.807) is 18.2 Å². The minimum absolute atomic E-state index is 0.129. The first-order valence-corrected chi connectivity index (χ1v) is 10.0. The Kier molecular flexibility index (Phi) is 6.00. The molecule has 1 fully saturated rings. The van der Waals surface area contributed by atoms with Crippen LogP contribution in [0.1, 0.15) is 41.4 Å². The fourth-order valence-corrected chi connectivity index (χ4v) is 3.78. The Labute approximate surface area is 169 Å². The number of benzene rings is 2. The average Bonchev–Trinajstić information content (AvgIpc) is 3.26. The summed E-state index contributed by atoms with van der Waals surface area (Å²) in [6, 6.07) is 17.9. The van der Waals surface area contributed by atoms with Gasteiger partial charge in [0.25, 0.3) is 5.91 Å². The van der Waals surface area contributed by atoms with Crippen LogP contribution >= 0.6 is 0 Å². The Balaban J connectivity index is 1.44. The Morgan fingerprint density at radius 3 is 2.52 bits per heavy atom. The fraction of sp³-hybridized carbons (Fsp3) is 0.304. The van der Waals surface area contributed by atoms with Crippen molar-refractivity contribution in [3.05, 3.63) is 77.7 Å². The van der Waals surface area contributed by atoms with E-state index < -0.39 is 0 Å². The molecule has 1 saturated heterocycles. The van der Waals surface area contributed by atoms with Crippen molar-refractivity contribution in [3.8, 4) is 11.3 Å². The maximum Gasteiger partial charge on any atom is 0.273 e. The Morgan fingerprint density at radius 2 is 1.79 bits per heavy atom. The van der Waals surface area contributed by atoms with Crippen molar-refractivity contribution in [1.29, 1.82) is 0 Å². The first kappa shape index (κ1) is 19.3. The maximum absolute atomic E-state index is 13.1. The van der Waals surface area contributed by atoms with Gasteiger partial charge < -0.3 is 9.84 Å². The summed E-state index contributed by atoms with van der Waals surface area (Å²) in [6.45, 7) is 2.57. The summed E-state index contributed by atoms with van der Waals surface area (Å²) in [6.07, 6.45) is 3.62. The highest BCUT2D eigenvalue weighted by Crippen LogP contribution is 2.24. The van der Waals surface area contributed by atoms with Gasteiger partial charge in [-0.3, -0.25) is 9.69 Å². The lowest BCUT2D eigenvalue weighted by Crippen LogP contribution is -2.40. The molecule has 29 heavy (non-hydrogen) atoms. The minimum atomic E-state index is -0.323. The molecule has 3 aromatic rings. The minimum Gasteiger partial charge on any atom is -0.355 e. The molecular formula is C23H24FN3O2. The predicted octanol–water partition coefficient (Wildman–Crippen LogP) is 4.44. The number of nitrogens with zero attached hydrogens (tertiary/aromatic N) is 2. The summed E-state index contributed by atoms with van der Waals surface area (Å²) in [5.41, 5.74) is 2.09. The van der Waals surface area contributed by atoms with Crippen LogP contribution in [0, 0.1) is 5.82 Å². The van der Waals surface area contributed by atoms with Crippen molar-refractivity contribution >= 4 is 5.91 Å². The third kappa shape index (κ3) is 4.71. The van der Waals surface area contributed by atoms with E-state index in [1.165, 1.54) is 37.0 Å². The van der Waals surface area contributed by atoms with Crippen molar-refractivity contribution in [2.75, 3.05) is 19.6 Å². The summed E-state index contributed by atoms with van der Waals surface area (Å²) >= 11 is 0. The second-order valence-electron chi connectivity index (χ2n) is 7.32. The highest BCUT2D eigenvalue weighted by atomic mass is 19.1. The van der Waals surface area contributed by atoms with Crippen LogP contribution in [0.2, 0.25) is 0 Å². The molecule has 0 radical (unpaired) electrons. The van der Waals surface area contributed by atoms with Gasteiger partial charge in [-0.15, -0.1) is 0 Å². The second kappa shape index (κ2) is 9.01. The molecule has 2 heterocycles. The normalized spacial score (nSPS) is 15.8. The fourth-order valence-electron chi connectivity index (χ4n) is 3.78. The van der Waals surface area contributed by atoms with E-state index in [2.05, 4.69) is 27.5 Å². The SMILES string of the molecule is O=C(NCC(c1ccccc1)N1CCCCC1)c1cc(-c2ccc(F)cc2)on1. The molecular weight excluding hydrogens is 369 g/mol. The lowest BCUT2D eigenvalue weighted by atomic mass is 10.0. The number of piperidine rings is 1. The van der Waals surface area contributed by atoms with Crippen LogP contribution in [0.5, 0.6) is 0 Å². The zero-order valence-corrected chi connectivity index (χ0v) is 16.2. The highest BCUT2D eigenvalue weighted by molar-refractivity contribution is 5.93. The van der Waals surface area contributed by atoms with Gasteiger partial charge in [-0.2, -0.15) is 0 Å². The molecule has 0 aliphatic carbocycles. The third-order valence-corrected chi connectivity index (χ3v) is 5.34. The van der Waals surface area contributed by atoms with Crippen LogP contribution in [-0.4, -0.2) is 35.6 Å². The number of aromatic nitrogens is 1. The molecule has 150 valence electrons. The van der Waals surface area contributed by atoms with Crippen LogP contribution in [-0.2, 0) is 0 Å². The van der Waals surface area contributed by atoms with Crippen LogP contribution in [0.15, 0.2) is 65.2 Å². The monoisotopic (exact) mass is 393 g/mol. The topological polar surface area (TPSA) is 58.4 Å². The molecule has 1 atom stereocenters. The van der Waals surface area contributed by atoms with Gasteiger partial charge in [0.15, 0.2) is 11.5 Å². The highest BCUT2D eigenvalue weighted by Gasteiger charge is 2.23. The van der Waals surface area contributed by atoms with E-state index in [4.69, 9.17) is 4.52 Å².